The minimum atomic E-state index is -4.99. The van der Waals surface area contributed by atoms with Crippen LogP contribution >= 0.6 is 12.4 Å². The summed E-state index contributed by atoms with van der Waals surface area (Å²) >= 11 is 0. The van der Waals surface area contributed by atoms with Crippen LogP contribution in [0.4, 0.5) is 5.69 Å². The van der Waals surface area contributed by atoms with Crippen LogP contribution in [0.1, 0.15) is 120 Å². The van der Waals surface area contributed by atoms with Gasteiger partial charge in [0.2, 0.25) is 10.0 Å². The minimum absolute atomic E-state index is 0. The maximum absolute atomic E-state index is 14.0. The number of aryl methyl sites for hydroxylation is 1. The third kappa shape index (κ3) is 10.1. The predicted octanol–water partition coefficient (Wildman–Crippen LogP) is 7.47. The van der Waals surface area contributed by atoms with Crippen molar-refractivity contribution in [3.05, 3.63) is 59.4 Å². The maximum Gasteiger partial charge on any atom is 0.229 e. The average Bonchev–Trinajstić information content (AvgIpc) is 3.45. The standard InChI is InChI=1S/C31H44N2O5S.ClH/c1-5-8-12-29-30(27-23-25(32-39(4,35)36)15-18-28(27)38-29)31(34)24-13-16-26(17-14-24)37-22-11-21-33(19-9-6-2)20-10-7-3;/h13-18,23,32H,5-12,19-22H2,1-4H3;1H/i2D3,3D3,6D2,7D2,9D2,10D2,11D2,19D2,20D2,21D2,22D2;. The summed E-state index contributed by atoms with van der Waals surface area (Å²) in [6.07, 6.45) is -20.7. The first-order valence-electron chi connectivity index (χ1n) is 23.5. The van der Waals surface area contributed by atoms with Crippen LogP contribution in [0.3, 0.4) is 0 Å². The average molecular weight is 617 g/mol. The molecular formula is C31H45ClN2O5S. The fraction of sp³-hybridized carbons (Fsp3) is 0.516. The summed E-state index contributed by atoms with van der Waals surface area (Å²) in [6.45, 7) is -25.6. The quantitative estimate of drug-likeness (QED) is 0.149. The second kappa shape index (κ2) is 16.7. The normalized spacial score (nSPS) is 24.3. The highest BCUT2D eigenvalue weighted by atomic mass is 35.5. The van der Waals surface area contributed by atoms with Crippen molar-refractivity contribution in [1.29, 1.82) is 0 Å². The first kappa shape index (κ1) is 12.8. The summed E-state index contributed by atoms with van der Waals surface area (Å²) in [5, 5.41) is 0.212. The predicted molar refractivity (Wildman–Crippen MR) is 167 cm³/mol. The first-order chi connectivity index (χ1) is 27.8. The van der Waals surface area contributed by atoms with Gasteiger partial charge in [-0.3, -0.25) is 9.52 Å². The number of anilines is 1. The van der Waals surface area contributed by atoms with Crippen LogP contribution in [0.5, 0.6) is 5.75 Å². The van der Waals surface area contributed by atoms with E-state index in [1.165, 1.54) is 18.2 Å². The third-order valence-corrected chi connectivity index (χ3v) is 5.62. The Morgan fingerprint density at radius 2 is 1.73 bits per heavy atom. The van der Waals surface area contributed by atoms with E-state index in [1.54, 1.807) is 0 Å². The molecular weight excluding hydrogens is 548 g/mol. The summed E-state index contributed by atoms with van der Waals surface area (Å²) in [4.78, 5) is 12.6. The molecule has 0 saturated heterocycles. The van der Waals surface area contributed by atoms with Crippen molar-refractivity contribution in [2.24, 2.45) is 0 Å². The molecule has 0 radical (unpaired) electrons. The van der Waals surface area contributed by atoms with E-state index in [4.69, 9.17) is 42.1 Å². The van der Waals surface area contributed by atoms with Crippen LogP contribution in [0.25, 0.3) is 11.0 Å². The van der Waals surface area contributed by atoms with Crippen LogP contribution in [-0.4, -0.2) is 51.4 Å². The van der Waals surface area contributed by atoms with Gasteiger partial charge in [-0.2, -0.15) is 0 Å². The Labute approximate surface area is 279 Å². The molecule has 0 aliphatic carbocycles. The van der Waals surface area contributed by atoms with E-state index in [0.29, 0.717) is 12.8 Å². The second-order valence-corrected chi connectivity index (χ2v) is 9.69. The van der Waals surface area contributed by atoms with E-state index < -0.39 is 98.1 Å². The van der Waals surface area contributed by atoms with E-state index in [9.17, 15) is 13.2 Å². The molecule has 3 aromatic rings. The van der Waals surface area contributed by atoms with Crippen molar-refractivity contribution in [2.75, 3.05) is 37.0 Å². The second-order valence-electron chi connectivity index (χ2n) is 7.94. The number of ketones is 1. The number of nitrogens with zero attached hydrogens (tertiary/aromatic N) is 1. The van der Waals surface area contributed by atoms with Gasteiger partial charge in [0.15, 0.2) is 5.78 Å². The molecule has 0 atom stereocenters. The van der Waals surface area contributed by atoms with E-state index in [-0.39, 0.29) is 52.4 Å². The zero-order valence-electron chi connectivity index (χ0n) is 45.5. The van der Waals surface area contributed by atoms with Crippen LogP contribution in [0.15, 0.2) is 46.9 Å². The van der Waals surface area contributed by atoms with Crippen molar-refractivity contribution in [3.63, 3.8) is 0 Å². The third-order valence-electron chi connectivity index (χ3n) is 5.01. The Morgan fingerprint density at radius 1 is 1.05 bits per heavy atom. The van der Waals surface area contributed by atoms with Gasteiger partial charge in [0.05, 0.1) is 21.1 Å². The molecule has 0 unspecified atom stereocenters. The monoisotopic (exact) mass is 616 g/mol. The van der Waals surface area contributed by atoms with Crippen molar-refractivity contribution < 1.29 is 55.3 Å². The molecule has 0 aliphatic heterocycles. The van der Waals surface area contributed by atoms with Crippen LogP contribution in [0, 0.1) is 0 Å². The van der Waals surface area contributed by atoms with E-state index >= 15 is 0 Å². The number of furan rings is 1. The lowest BCUT2D eigenvalue weighted by Crippen LogP contribution is -2.28. The Kier molecular flexibility index (Phi) is 5.31. The molecule has 40 heavy (non-hydrogen) atoms. The number of carbonyl (C=O) groups is 1. The maximum atomic E-state index is 14.0. The van der Waals surface area contributed by atoms with Crippen molar-refractivity contribution in [1.82, 2.24) is 4.90 Å². The number of nitrogens with one attached hydrogen (secondary N) is 1. The molecule has 0 saturated carbocycles. The van der Waals surface area contributed by atoms with E-state index in [0.717, 1.165) is 30.5 Å². The highest BCUT2D eigenvalue weighted by Crippen LogP contribution is 2.32. The zero-order valence-corrected chi connectivity index (χ0v) is 23.1. The molecule has 7 nitrogen and oxygen atoms in total. The molecule has 0 amide bonds. The molecule has 0 spiro atoms. The number of carbonyl (C=O) groups excluding carboxylic acids is 1. The summed E-state index contributed by atoms with van der Waals surface area (Å²) in [5.74, 6) is -1.17. The smallest absolute Gasteiger partial charge is 0.229 e. The van der Waals surface area contributed by atoms with Crippen LogP contribution < -0.4 is 9.46 Å². The Hall–Kier alpha value is -2.55. The number of halogens is 1. The van der Waals surface area contributed by atoms with Gasteiger partial charge in [-0.15, -0.1) is 12.4 Å². The largest absolute Gasteiger partial charge is 0.494 e. The van der Waals surface area contributed by atoms with Crippen molar-refractivity contribution in [2.45, 2.75) is 71.8 Å². The van der Waals surface area contributed by atoms with Gasteiger partial charge in [-0.05, 0) is 81.0 Å². The first-order valence-corrected chi connectivity index (χ1v) is 13.4. The van der Waals surface area contributed by atoms with Gasteiger partial charge < -0.3 is 14.1 Å². The molecule has 3 rings (SSSR count). The van der Waals surface area contributed by atoms with Crippen molar-refractivity contribution in [3.8, 4) is 5.75 Å². The van der Waals surface area contributed by atoms with Gasteiger partial charge in [0, 0.05) is 59.7 Å². The summed E-state index contributed by atoms with van der Waals surface area (Å²) in [6, 6.07) is 8.05. The number of unbranched alkanes of at least 4 members (excludes halogenated alkanes) is 1. The number of hydrogen-bond donors (Lipinski definition) is 1. The number of sulfonamides is 1. The molecule has 2 aromatic carbocycles. The van der Waals surface area contributed by atoms with Crippen LogP contribution in [-0.2, 0) is 16.4 Å². The molecule has 1 N–H and O–H groups in total. The van der Waals surface area contributed by atoms with E-state index in [1.807, 2.05) is 6.92 Å². The van der Waals surface area contributed by atoms with E-state index in [2.05, 4.69) is 4.72 Å². The SMILES string of the molecule is Cl.[2H]C([2H])([2H])C([2H])([2H])C([2H])([2H])C([2H])([2H])N(C([2H])([2H])C([2H])([2H])C([2H])([2H])Oc1ccc(C(=O)c2c(CCCC)oc3ccc(NS(C)(=O)=O)cc23)cc1)C([2H])([2H])C([2H])([2H])C([2H])([2H])C([2H])([2H])[2H]. The van der Waals surface area contributed by atoms with Gasteiger partial charge in [0.25, 0.3) is 0 Å². The number of fused-ring (bicyclic) bond motifs is 1. The molecule has 222 valence electrons. The summed E-state index contributed by atoms with van der Waals surface area (Å²) in [5.41, 5.74) is 0.215. The Balaban J connectivity index is 0.0000141. The fourth-order valence-corrected chi connectivity index (χ4v) is 3.98. The molecule has 1 aromatic heterocycles. The highest BCUT2D eigenvalue weighted by molar-refractivity contribution is 7.92. The molecule has 0 fully saturated rings. The van der Waals surface area contributed by atoms with Crippen molar-refractivity contribution >= 4 is 44.9 Å². The summed E-state index contributed by atoms with van der Waals surface area (Å²) in [7, 11) is -3.74. The lowest BCUT2D eigenvalue weighted by atomic mass is 9.98. The number of benzene rings is 2. The fourth-order valence-electron chi connectivity index (χ4n) is 3.42. The lowest BCUT2D eigenvalue weighted by molar-refractivity contribution is 0.103. The van der Waals surface area contributed by atoms with Gasteiger partial charge in [0.1, 0.15) is 17.1 Å². The van der Waals surface area contributed by atoms with Gasteiger partial charge in [-0.25, -0.2) is 8.42 Å². The lowest BCUT2D eigenvalue weighted by Gasteiger charge is -2.21. The van der Waals surface area contributed by atoms with Gasteiger partial charge in [-0.1, -0.05) is 39.8 Å². The molecule has 0 bridgehead atoms. The number of rotatable bonds is 18. The zero-order chi connectivity index (χ0) is 49.4. The number of hydrogen-bond acceptors (Lipinski definition) is 6. The van der Waals surface area contributed by atoms with Crippen LogP contribution in [0.2, 0.25) is 0 Å². The number of ether oxygens (including phenoxy) is 1. The highest BCUT2D eigenvalue weighted by Gasteiger charge is 2.22. The molecule has 9 heteroatoms. The molecule has 0 aliphatic rings. The Morgan fingerprint density at radius 3 is 2.35 bits per heavy atom. The summed E-state index contributed by atoms with van der Waals surface area (Å²) < 4.78 is 233. The topological polar surface area (TPSA) is 88.8 Å². The molecule has 1 heterocycles. The van der Waals surface area contributed by atoms with Gasteiger partial charge >= 0.3 is 0 Å². The minimum Gasteiger partial charge on any atom is -0.494 e. The Bertz CT molecular complexity index is 2230.